The van der Waals surface area contributed by atoms with Crippen molar-refractivity contribution in [3.63, 3.8) is 0 Å². The maximum Gasteiger partial charge on any atom is 0.241 e. The number of piperazine rings is 1. The zero-order chi connectivity index (χ0) is 17.8. The number of rotatable bonds is 6. The first-order valence-electron chi connectivity index (χ1n) is 8.95. The molecule has 0 spiro atoms. The van der Waals surface area contributed by atoms with Gasteiger partial charge in [0.05, 0.1) is 19.3 Å². The number of aryl methyl sites for hydroxylation is 1. The van der Waals surface area contributed by atoms with Gasteiger partial charge in [0.2, 0.25) is 5.91 Å². The van der Waals surface area contributed by atoms with Gasteiger partial charge in [-0.15, -0.1) is 0 Å². The highest BCUT2D eigenvalue weighted by atomic mass is 35.5. The molecular weight excluding hydrogens is 340 g/mol. The Balaban J connectivity index is 1.54. The van der Waals surface area contributed by atoms with Gasteiger partial charge in [-0.25, -0.2) is 0 Å². The van der Waals surface area contributed by atoms with Crippen molar-refractivity contribution in [2.45, 2.75) is 19.4 Å². The molecular formula is C18H27ClN4O2. The maximum atomic E-state index is 12.5. The minimum atomic E-state index is 0.126. The van der Waals surface area contributed by atoms with Crippen LogP contribution in [0.3, 0.4) is 0 Å². The summed E-state index contributed by atoms with van der Waals surface area (Å²) in [4.78, 5) is 16.9. The van der Waals surface area contributed by atoms with Crippen molar-refractivity contribution >= 4 is 23.2 Å². The van der Waals surface area contributed by atoms with Crippen molar-refractivity contribution in [2.24, 2.45) is 0 Å². The molecule has 2 fully saturated rings. The number of hydrogen-bond donors (Lipinski definition) is 2. The molecule has 1 aromatic carbocycles. The zero-order valence-corrected chi connectivity index (χ0v) is 15.7. The third kappa shape index (κ3) is 4.19. The Kier molecular flexibility index (Phi) is 6.04. The zero-order valence-electron chi connectivity index (χ0n) is 15.0. The quantitative estimate of drug-likeness (QED) is 0.798. The van der Waals surface area contributed by atoms with Gasteiger partial charge >= 0.3 is 0 Å². The molecule has 6 nitrogen and oxygen atoms in total. The number of nitrogens with one attached hydrogen (secondary N) is 2. The van der Waals surface area contributed by atoms with Gasteiger partial charge in [0.25, 0.3) is 0 Å². The molecule has 0 bridgehead atoms. The van der Waals surface area contributed by atoms with Crippen LogP contribution in [0.25, 0.3) is 0 Å². The molecule has 2 aliphatic heterocycles. The predicted octanol–water partition coefficient (Wildman–Crippen LogP) is 1.44. The molecule has 25 heavy (non-hydrogen) atoms. The lowest BCUT2D eigenvalue weighted by molar-refractivity contribution is -0.131. The van der Waals surface area contributed by atoms with Gasteiger partial charge in [-0.2, -0.15) is 0 Å². The molecule has 2 heterocycles. The summed E-state index contributed by atoms with van der Waals surface area (Å²) in [5, 5.41) is 7.22. The number of benzene rings is 1. The molecule has 2 aliphatic rings. The van der Waals surface area contributed by atoms with Gasteiger partial charge < -0.3 is 20.3 Å². The molecule has 0 radical (unpaired) electrons. The molecule has 0 atom stereocenters. The van der Waals surface area contributed by atoms with Gasteiger partial charge in [0.15, 0.2) is 0 Å². The summed E-state index contributed by atoms with van der Waals surface area (Å²) in [5.74, 6) is 0.790. The van der Waals surface area contributed by atoms with Crippen molar-refractivity contribution in [1.29, 1.82) is 0 Å². The molecule has 0 aliphatic carbocycles. The van der Waals surface area contributed by atoms with Crippen LogP contribution in [0.1, 0.15) is 12.5 Å². The Labute approximate surface area is 154 Å². The summed E-state index contributed by atoms with van der Waals surface area (Å²) < 4.78 is 5.38. The van der Waals surface area contributed by atoms with Crippen LogP contribution in [0.5, 0.6) is 5.75 Å². The smallest absolute Gasteiger partial charge is 0.241 e. The Bertz CT molecular complexity index is 613. The highest BCUT2D eigenvalue weighted by Crippen LogP contribution is 2.31. The second-order valence-corrected chi connectivity index (χ2v) is 6.99. The van der Waals surface area contributed by atoms with Gasteiger partial charge in [-0.3, -0.25) is 9.69 Å². The van der Waals surface area contributed by atoms with E-state index in [0.29, 0.717) is 16.8 Å². The van der Waals surface area contributed by atoms with E-state index in [1.807, 2.05) is 11.0 Å². The van der Waals surface area contributed by atoms with E-state index in [0.717, 1.165) is 56.9 Å². The Morgan fingerprint density at radius 2 is 2.04 bits per heavy atom. The van der Waals surface area contributed by atoms with E-state index in [9.17, 15) is 4.79 Å². The minimum Gasteiger partial charge on any atom is -0.495 e. The number of carbonyl (C=O) groups excluding carboxylic acids is 1. The van der Waals surface area contributed by atoms with Crippen LogP contribution in [0.4, 0.5) is 5.69 Å². The van der Waals surface area contributed by atoms with E-state index in [1.165, 1.54) is 0 Å². The van der Waals surface area contributed by atoms with Gasteiger partial charge in [-0.1, -0.05) is 18.5 Å². The number of nitrogens with zero attached hydrogens (tertiary/aromatic N) is 2. The third-order valence-corrected chi connectivity index (χ3v) is 5.47. The molecule has 7 heteroatoms. The molecule has 1 aromatic rings. The summed E-state index contributed by atoms with van der Waals surface area (Å²) in [5.41, 5.74) is 1.86. The second kappa shape index (κ2) is 8.25. The van der Waals surface area contributed by atoms with Crippen LogP contribution >= 0.6 is 11.6 Å². The number of halogens is 1. The van der Waals surface area contributed by atoms with Crippen molar-refractivity contribution in [1.82, 2.24) is 15.1 Å². The van der Waals surface area contributed by atoms with Crippen LogP contribution in [0.15, 0.2) is 12.1 Å². The summed E-state index contributed by atoms with van der Waals surface area (Å²) in [6.07, 6.45) is 0.837. The molecule has 0 unspecified atom stereocenters. The number of carbonyl (C=O) groups is 1. The monoisotopic (exact) mass is 366 g/mol. The molecule has 0 saturated carbocycles. The van der Waals surface area contributed by atoms with E-state index in [2.05, 4.69) is 22.5 Å². The number of hydrogen-bond acceptors (Lipinski definition) is 5. The summed E-state index contributed by atoms with van der Waals surface area (Å²) in [6, 6.07) is 4.43. The fraction of sp³-hybridized carbons (Fsp3) is 0.611. The van der Waals surface area contributed by atoms with E-state index >= 15 is 0 Å². The van der Waals surface area contributed by atoms with Gasteiger partial charge in [0, 0.05) is 56.4 Å². The highest BCUT2D eigenvalue weighted by Gasteiger charge is 2.29. The molecule has 0 aromatic heterocycles. The Hall–Kier alpha value is -1.50. The van der Waals surface area contributed by atoms with E-state index in [-0.39, 0.29) is 12.5 Å². The largest absolute Gasteiger partial charge is 0.495 e. The first-order chi connectivity index (χ1) is 12.1. The molecule has 2 saturated heterocycles. The summed E-state index contributed by atoms with van der Waals surface area (Å²) >= 11 is 6.23. The molecule has 2 N–H and O–H groups in total. The second-order valence-electron chi connectivity index (χ2n) is 6.58. The number of methoxy groups -OCH3 is 1. The standard InChI is InChI=1S/C18H27ClN4O2/c1-3-13-8-16(17(25-2)9-15(13)19)21-12-18(24)23-6-4-22(5-7-23)14-10-20-11-14/h8-9,14,20-21H,3-7,10-12H2,1-2H3. The summed E-state index contributed by atoms with van der Waals surface area (Å²) in [6.45, 7) is 8.00. The Morgan fingerprint density at radius 1 is 1.32 bits per heavy atom. The number of ether oxygens (including phenoxy) is 1. The first kappa shape index (κ1) is 18.3. The first-order valence-corrected chi connectivity index (χ1v) is 9.33. The average molecular weight is 367 g/mol. The van der Waals surface area contributed by atoms with Gasteiger partial charge in [-0.05, 0) is 18.1 Å². The van der Waals surface area contributed by atoms with Gasteiger partial charge in [0.1, 0.15) is 5.75 Å². The number of amides is 1. The lowest BCUT2D eigenvalue weighted by Crippen LogP contribution is -2.62. The number of anilines is 1. The van der Waals surface area contributed by atoms with Crippen molar-refractivity contribution in [3.8, 4) is 5.75 Å². The molecule has 3 rings (SSSR count). The average Bonchev–Trinajstić information content (AvgIpc) is 2.59. The topological polar surface area (TPSA) is 56.8 Å². The summed E-state index contributed by atoms with van der Waals surface area (Å²) in [7, 11) is 1.61. The normalized spacial score (nSPS) is 18.8. The lowest BCUT2D eigenvalue weighted by atomic mass is 10.1. The lowest BCUT2D eigenvalue weighted by Gasteiger charge is -2.43. The van der Waals surface area contributed by atoms with Crippen molar-refractivity contribution < 1.29 is 9.53 Å². The minimum absolute atomic E-state index is 0.126. The fourth-order valence-electron chi connectivity index (χ4n) is 3.33. The van der Waals surface area contributed by atoms with E-state index in [4.69, 9.17) is 16.3 Å². The van der Waals surface area contributed by atoms with Crippen LogP contribution in [-0.2, 0) is 11.2 Å². The third-order valence-electron chi connectivity index (χ3n) is 5.12. The van der Waals surface area contributed by atoms with E-state index < -0.39 is 0 Å². The van der Waals surface area contributed by atoms with Crippen LogP contribution < -0.4 is 15.4 Å². The highest BCUT2D eigenvalue weighted by molar-refractivity contribution is 6.31. The van der Waals surface area contributed by atoms with E-state index in [1.54, 1.807) is 13.2 Å². The van der Waals surface area contributed by atoms with Crippen molar-refractivity contribution in [3.05, 3.63) is 22.7 Å². The molecule has 1 amide bonds. The maximum absolute atomic E-state index is 12.5. The SMILES string of the molecule is CCc1cc(NCC(=O)N2CCN(C3CNC3)CC2)c(OC)cc1Cl. The fourth-order valence-corrected chi connectivity index (χ4v) is 3.62. The van der Waals surface area contributed by atoms with Crippen molar-refractivity contribution in [2.75, 3.05) is 58.2 Å². The Morgan fingerprint density at radius 3 is 2.60 bits per heavy atom. The van der Waals surface area contributed by atoms with Crippen LogP contribution in [0, 0.1) is 0 Å². The van der Waals surface area contributed by atoms with Crippen LogP contribution in [0.2, 0.25) is 5.02 Å². The van der Waals surface area contributed by atoms with Crippen LogP contribution in [-0.4, -0.2) is 74.7 Å². The predicted molar refractivity (Wildman–Crippen MR) is 101 cm³/mol. The molecule has 138 valence electrons.